The Morgan fingerprint density at radius 1 is 0.935 bits per heavy atom. The number of pyridine rings is 1. The first kappa shape index (κ1) is 20.3. The number of hydrogen-bond acceptors (Lipinski definition) is 4. The van der Waals surface area contributed by atoms with Crippen molar-refractivity contribution in [2.24, 2.45) is 0 Å². The van der Waals surface area contributed by atoms with Crippen LogP contribution in [0.15, 0.2) is 77.6 Å². The highest BCUT2D eigenvalue weighted by molar-refractivity contribution is 5.96. The first-order valence-corrected chi connectivity index (χ1v) is 9.71. The first-order chi connectivity index (χ1) is 15.0. The molecule has 31 heavy (non-hydrogen) atoms. The minimum Gasteiger partial charge on any atom is -0.451 e. The second-order valence-electron chi connectivity index (χ2n) is 7.05. The number of nitrogens with one attached hydrogen (secondary N) is 1. The van der Waals surface area contributed by atoms with Gasteiger partial charge in [-0.3, -0.25) is 14.4 Å². The van der Waals surface area contributed by atoms with E-state index in [1.165, 1.54) is 25.1 Å². The molecular formula is C24H19FN2O4. The average Bonchev–Trinajstić information content (AvgIpc) is 2.78. The lowest BCUT2D eigenvalue weighted by Gasteiger charge is -2.17. The normalized spacial score (nSPS) is 11.9. The molecule has 0 spiro atoms. The number of benzene rings is 3. The largest absolute Gasteiger partial charge is 0.451 e. The molecule has 0 saturated carbocycles. The summed E-state index contributed by atoms with van der Waals surface area (Å²) in [6.07, 6.45) is -1.14. The summed E-state index contributed by atoms with van der Waals surface area (Å²) in [4.78, 5) is 37.7. The van der Waals surface area contributed by atoms with Crippen LogP contribution in [0.2, 0.25) is 0 Å². The van der Waals surface area contributed by atoms with Gasteiger partial charge < -0.3 is 14.6 Å². The van der Waals surface area contributed by atoms with Crippen LogP contribution < -0.4 is 10.7 Å². The second-order valence-corrected chi connectivity index (χ2v) is 7.05. The molecule has 1 N–H and O–H groups in total. The van der Waals surface area contributed by atoms with E-state index in [4.69, 9.17) is 4.74 Å². The molecule has 0 bridgehead atoms. The molecule has 6 nitrogen and oxygen atoms in total. The summed E-state index contributed by atoms with van der Waals surface area (Å²) in [6.45, 7) is 1.22. The van der Waals surface area contributed by atoms with Gasteiger partial charge in [-0.1, -0.05) is 36.4 Å². The fourth-order valence-electron chi connectivity index (χ4n) is 3.46. The van der Waals surface area contributed by atoms with Crippen LogP contribution in [0, 0.1) is 5.82 Å². The Labute approximate surface area is 176 Å². The number of ether oxygens (including phenoxy) is 1. The first-order valence-electron chi connectivity index (χ1n) is 9.71. The van der Waals surface area contributed by atoms with E-state index in [9.17, 15) is 18.8 Å². The number of fused-ring (bicyclic) bond motifs is 2. The standard InChI is InChI=1S/C24H19FN2O4/c1-15(24(30)26-19-11-5-4-10-18(19)25)31-22(28)14-27-20-12-6-2-8-16(20)23(29)17-9-3-7-13-21(17)27/h2-13,15H,14H2,1H3,(H,26,30). The number of esters is 1. The van der Waals surface area contributed by atoms with Crippen LogP contribution in [0.3, 0.4) is 0 Å². The van der Waals surface area contributed by atoms with Crippen molar-refractivity contribution < 1.29 is 18.7 Å². The fraction of sp³-hybridized carbons (Fsp3) is 0.125. The molecule has 1 atom stereocenters. The van der Waals surface area contributed by atoms with Crippen molar-refractivity contribution in [2.75, 3.05) is 5.32 Å². The van der Waals surface area contributed by atoms with Crippen molar-refractivity contribution in [2.45, 2.75) is 19.6 Å². The molecule has 156 valence electrons. The zero-order valence-electron chi connectivity index (χ0n) is 16.7. The molecule has 4 aromatic rings. The van der Waals surface area contributed by atoms with Crippen molar-refractivity contribution in [3.05, 3.63) is 88.8 Å². The number of carbonyl (C=O) groups is 2. The summed E-state index contributed by atoms with van der Waals surface area (Å²) in [6, 6.07) is 19.7. The lowest BCUT2D eigenvalue weighted by atomic mass is 10.1. The van der Waals surface area contributed by atoms with Crippen molar-refractivity contribution in [1.29, 1.82) is 0 Å². The quantitative estimate of drug-likeness (QED) is 0.394. The summed E-state index contributed by atoms with van der Waals surface area (Å²) < 4.78 is 20.7. The molecule has 1 amide bonds. The molecule has 0 radical (unpaired) electrons. The van der Waals surface area contributed by atoms with Crippen LogP contribution in [0.5, 0.6) is 0 Å². The van der Waals surface area contributed by atoms with Gasteiger partial charge in [-0.05, 0) is 43.3 Å². The summed E-state index contributed by atoms with van der Waals surface area (Å²) >= 11 is 0. The maximum atomic E-state index is 13.7. The highest BCUT2D eigenvalue weighted by Gasteiger charge is 2.20. The van der Waals surface area contributed by atoms with Gasteiger partial charge in [0.15, 0.2) is 11.5 Å². The van der Waals surface area contributed by atoms with Gasteiger partial charge in [0.2, 0.25) is 0 Å². The Balaban J connectivity index is 1.58. The molecule has 0 aliphatic rings. The molecule has 0 aliphatic heterocycles. The monoisotopic (exact) mass is 418 g/mol. The minimum atomic E-state index is -1.14. The predicted molar refractivity (Wildman–Crippen MR) is 116 cm³/mol. The molecule has 0 aliphatic carbocycles. The van der Waals surface area contributed by atoms with Crippen LogP contribution >= 0.6 is 0 Å². The van der Waals surface area contributed by atoms with E-state index < -0.39 is 23.8 Å². The number of carbonyl (C=O) groups excluding carboxylic acids is 2. The van der Waals surface area contributed by atoms with Crippen LogP contribution in [0.1, 0.15) is 6.92 Å². The van der Waals surface area contributed by atoms with Crippen LogP contribution in [0.4, 0.5) is 10.1 Å². The Morgan fingerprint density at radius 3 is 2.10 bits per heavy atom. The highest BCUT2D eigenvalue weighted by Crippen LogP contribution is 2.19. The van der Waals surface area contributed by atoms with E-state index >= 15 is 0 Å². The number of amides is 1. The maximum absolute atomic E-state index is 13.7. The molecular weight excluding hydrogens is 399 g/mol. The predicted octanol–water partition coefficient (Wildman–Crippen LogP) is 3.86. The van der Waals surface area contributed by atoms with E-state index in [1.54, 1.807) is 59.2 Å². The summed E-state index contributed by atoms with van der Waals surface area (Å²) in [5, 5.41) is 3.38. The molecule has 1 aromatic heterocycles. The zero-order valence-corrected chi connectivity index (χ0v) is 16.7. The van der Waals surface area contributed by atoms with E-state index in [0.29, 0.717) is 21.8 Å². The van der Waals surface area contributed by atoms with Crippen molar-refractivity contribution in [3.63, 3.8) is 0 Å². The number of para-hydroxylation sites is 3. The molecule has 1 unspecified atom stereocenters. The van der Waals surface area contributed by atoms with Gasteiger partial charge in [0.25, 0.3) is 5.91 Å². The van der Waals surface area contributed by atoms with Gasteiger partial charge in [0.05, 0.1) is 16.7 Å². The van der Waals surface area contributed by atoms with Crippen LogP contribution in [-0.2, 0) is 20.9 Å². The minimum absolute atomic E-state index is 0.00722. The van der Waals surface area contributed by atoms with Gasteiger partial charge >= 0.3 is 5.97 Å². The van der Waals surface area contributed by atoms with E-state index in [0.717, 1.165) is 0 Å². The fourth-order valence-corrected chi connectivity index (χ4v) is 3.46. The van der Waals surface area contributed by atoms with E-state index in [2.05, 4.69) is 5.32 Å². The summed E-state index contributed by atoms with van der Waals surface area (Å²) in [7, 11) is 0. The number of rotatable bonds is 5. The van der Waals surface area contributed by atoms with Gasteiger partial charge in [0.1, 0.15) is 12.4 Å². The third-order valence-electron chi connectivity index (χ3n) is 4.98. The van der Waals surface area contributed by atoms with Crippen molar-refractivity contribution in [1.82, 2.24) is 4.57 Å². The summed E-state index contributed by atoms with van der Waals surface area (Å²) in [5.41, 5.74) is 1.07. The second kappa shape index (κ2) is 8.39. The number of anilines is 1. The number of nitrogens with zero attached hydrogens (tertiary/aromatic N) is 1. The van der Waals surface area contributed by atoms with Gasteiger partial charge in [-0.25, -0.2) is 4.39 Å². The third-order valence-corrected chi connectivity index (χ3v) is 4.98. The molecule has 0 fully saturated rings. The number of hydrogen-bond donors (Lipinski definition) is 1. The Bertz CT molecular complexity index is 1300. The Kier molecular flexibility index (Phi) is 5.49. The molecule has 4 rings (SSSR count). The van der Waals surface area contributed by atoms with E-state index in [1.807, 2.05) is 0 Å². The van der Waals surface area contributed by atoms with Crippen LogP contribution in [-0.4, -0.2) is 22.5 Å². The molecule has 1 heterocycles. The topological polar surface area (TPSA) is 77.4 Å². The Morgan fingerprint density at radius 2 is 1.48 bits per heavy atom. The number of halogens is 1. The SMILES string of the molecule is CC(OC(=O)Cn1c2ccccc2c(=O)c2ccccc21)C(=O)Nc1ccccc1F. The molecule has 7 heteroatoms. The highest BCUT2D eigenvalue weighted by atomic mass is 19.1. The van der Waals surface area contributed by atoms with Gasteiger partial charge in [0, 0.05) is 10.8 Å². The third kappa shape index (κ3) is 4.02. The molecule has 0 saturated heterocycles. The smallest absolute Gasteiger partial charge is 0.326 e. The van der Waals surface area contributed by atoms with Gasteiger partial charge in [-0.2, -0.15) is 0 Å². The number of aromatic nitrogens is 1. The van der Waals surface area contributed by atoms with Crippen molar-refractivity contribution in [3.8, 4) is 0 Å². The summed E-state index contributed by atoms with van der Waals surface area (Å²) in [5.74, 6) is -1.89. The van der Waals surface area contributed by atoms with Crippen molar-refractivity contribution >= 4 is 39.4 Å². The van der Waals surface area contributed by atoms with Gasteiger partial charge in [-0.15, -0.1) is 0 Å². The lowest BCUT2D eigenvalue weighted by Crippen LogP contribution is -2.31. The Hall–Kier alpha value is -4.00. The van der Waals surface area contributed by atoms with Crippen LogP contribution in [0.25, 0.3) is 21.8 Å². The lowest BCUT2D eigenvalue weighted by molar-refractivity contribution is -0.153. The van der Waals surface area contributed by atoms with E-state index in [-0.39, 0.29) is 17.7 Å². The maximum Gasteiger partial charge on any atom is 0.326 e. The average molecular weight is 418 g/mol. The zero-order chi connectivity index (χ0) is 22.0. The molecule has 3 aromatic carbocycles.